The number of carbonyl (C=O) groups is 2. The molecule has 2 N–H and O–H groups in total. The number of alkyl halides is 2. The average molecular weight is 399 g/mol. The van der Waals surface area contributed by atoms with Gasteiger partial charge in [-0.2, -0.15) is 10.1 Å². The zero-order valence-electron chi connectivity index (χ0n) is 15.8. The Balaban J connectivity index is 1.87. The monoisotopic (exact) mass is 399 g/mol. The first-order chi connectivity index (χ1) is 13.6. The molecule has 2 unspecified atom stereocenters. The summed E-state index contributed by atoms with van der Waals surface area (Å²) in [4.78, 5) is 25.3. The van der Waals surface area contributed by atoms with Crippen LogP contribution in [0.25, 0.3) is 0 Å². The van der Waals surface area contributed by atoms with Crippen LogP contribution in [-0.4, -0.2) is 28.3 Å². The van der Waals surface area contributed by atoms with Gasteiger partial charge >= 0.3 is 11.6 Å². The fourth-order valence-corrected chi connectivity index (χ4v) is 2.83. The molecule has 1 heterocycles. The normalized spacial score (nSPS) is 20.8. The van der Waals surface area contributed by atoms with Crippen molar-refractivity contribution in [1.29, 1.82) is 0 Å². The molecule has 0 saturated carbocycles. The topological polar surface area (TPSA) is 82.0 Å². The van der Waals surface area contributed by atoms with Gasteiger partial charge < -0.3 is 10.4 Å². The second-order valence-corrected chi connectivity index (χ2v) is 6.79. The van der Waals surface area contributed by atoms with E-state index in [1.54, 1.807) is 0 Å². The van der Waals surface area contributed by atoms with E-state index in [9.17, 15) is 19.1 Å². The van der Waals surface area contributed by atoms with Crippen molar-refractivity contribution in [2.75, 3.05) is 10.3 Å². The van der Waals surface area contributed by atoms with E-state index in [4.69, 9.17) is 0 Å². The van der Waals surface area contributed by atoms with Gasteiger partial charge in [-0.15, -0.1) is 0 Å². The highest BCUT2D eigenvalue weighted by molar-refractivity contribution is 6.36. The van der Waals surface area contributed by atoms with Crippen LogP contribution in [0.5, 0.6) is 5.75 Å². The minimum atomic E-state index is -3.02. The highest BCUT2D eigenvalue weighted by atomic mass is 19.1. The summed E-state index contributed by atoms with van der Waals surface area (Å²) in [7, 11) is 0. The van der Waals surface area contributed by atoms with Crippen LogP contribution < -0.4 is 10.3 Å². The number of phenolic OH excluding ortho intramolecular Hbond substituents is 1. The molecule has 6 nitrogen and oxygen atoms in total. The molecule has 0 aromatic heterocycles. The molecule has 2 aromatic rings. The minimum absolute atomic E-state index is 0.0374. The number of hydrogen-bond donors (Lipinski definition) is 2. The Morgan fingerprint density at radius 2 is 1.97 bits per heavy atom. The molecule has 2 aromatic carbocycles. The third-order valence-corrected chi connectivity index (χ3v) is 4.71. The standard InChI is InChI=1S/C21H19F2N3O3/c1-4-20(3,22)14-6-5-7-15(12-14)24-18(28)21(23)13(2)25-26(19(21)29)16-8-10-17(27)11-9-16/h4-12,27H,1H2,2-3H3,(H,24,28). The molecule has 29 heavy (non-hydrogen) atoms. The molecule has 0 saturated heterocycles. The lowest BCUT2D eigenvalue weighted by atomic mass is 9.96. The molecule has 0 bridgehead atoms. The van der Waals surface area contributed by atoms with Gasteiger partial charge in [0.2, 0.25) is 0 Å². The number of aromatic hydroxyl groups is 1. The van der Waals surface area contributed by atoms with Gasteiger partial charge in [0.15, 0.2) is 5.67 Å². The van der Waals surface area contributed by atoms with E-state index < -0.39 is 23.2 Å². The molecule has 0 aliphatic carbocycles. The second kappa shape index (κ2) is 7.12. The van der Waals surface area contributed by atoms with Crippen molar-refractivity contribution in [3.05, 3.63) is 66.7 Å². The summed E-state index contributed by atoms with van der Waals surface area (Å²) in [6, 6.07) is 11.2. The Morgan fingerprint density at radius 3 is 2.59 bits per heavy atom. The number of anilines is 2. The number of halogens is 2. The van der Waals surface area contributed by atoms with Crippen molar-refractivity contribution in [3.8, 4) is 5.75 Å². The SMILES string of the molecule is C=CC(C)(F)c1cccc(NC(=O)C2(F)C(=O)N(c3ccc(O)cc3)N=C2C)c1. The van der Waals surface area contributed by atoms with Gasteiger partial charge in [0.05, 0.1) is 11.4 Å². The second-order valence-electron chi connectivity index (χ2n) is 6.79. The van der Waals surface area contributed by atoms with Gasteiger partial charge in [0, 0.05) is 5.69 Å². The number of nitrogens with zero attached hydrogens (tertiary/aromatic N) is 2. The van der Waals surface area contributed by atoms with Gasteiger partial charge in [-0.25, -0.2) is 8.78 Å². The highest BCUT2D eigenvalue weighted by Crippen LogP contribution is 2.32. The molecule has 0 radical (unpaired) electrons. The Labute approximate surface area is 166 Å². The van der Waals surface area contributed by atoms with Crippen LogP contribution in [-0.2, 0) is 15.3 Å². The minimum Gasteiger partial charge on any atom is -0.508 e. The first-order valence-electron chi connectivity index (χ1n) is 8.72. The summed E-state index contributed by atoms with van der Waals surface area (Å²) in [5.41, 5.74) is -4.67. The van der Waals surface area contributed by atoms with Crippen LogP contribution >= 0.6 is 0 Å². The lowest BCUT2D eigenvalue weighted by Crippen LogP contribution is -2.51. The summed E-state index contributed by atoms with van der Waals surface area (Å²) in [6.07, 6.45) is 1.11. The highest BCUT2D eigenvalue weighted by Gasteiger charge is 2.57. The van der Waals surface area contributed by atoms with Crippen molar-refractivity contribution in [1.82, 2.24) is 0 Å². The summed E-state index contributed by atoms with van der Waals surface area (Å²) in [5, 5.41) is 16.3. The van der Waals surface area contributed by atoms with Gasteiger partial charge in [-0.1, -0.05) is 24.8 Å². The van der Waals surface area contributed by atoms with Crippen molar-refractivity contribution < 1.29 is 23.5 Å². The molecule has 0 spiro atoms. The number of hydrogen-bond acceptors (Lipinski definition) is 4. The maximum Gasteiger partial charge on any atom is 0.307 e. The lowest BCUT2D eigenvalue weighted by molar-refractivity contribution is -0.135. The van der Waals surface area contributed by atoms with Gasteiger partial charge in [0.25, 0.3) is 5.91 Å². The quantitative estimate of drug-likeness (QED) is 0.592. The van der Waals surface area contributed by atoms with Crippen LogP contribution in [0.15, 0.2) is 66.3 Å². The number of benzene rings is 2. The van der Waals surface area contributed by atoms with E-state index in [0.717, 1.165) is 11.1 Å². The van der Waals surface area contributed by atoms with Crippen LogP contribution in [0.4, 0.5) is 20.2 Å². The Kier molecular flexibility index (Phi) is 4.96. The summed E-state index contributed by atoms with van der Waals surface area (Å²) >= 11 is 0. The Hall–Kier alpha value is -3.55. The molecule has 1 aliphatic rings. The Bertz CT molecular complexity index is 1020. The largest absolute Gasteiger partial charge is 0.508 e. The number of hydrazone groups is 1. The number of allylic oxidation sites excluding steroid dienone is 1. The van der Waals surface area contributed by atoms with Crippen LogP contribution in [0.1, 0.15) is 19.4 Å². The maximum atomic E-state index is 15.5. The predicted molar refractivity (Wildman–Crippen MR) is 106 cm³/mol. The average Bonchev–Trinajstić information content (AvgIpc) is 2.94. The van der Waals surface area contributed by atoms with E-state index in [1.165, 1.54) is 62.4 Å². The number of amides is 2. The van der Waals surface area contributed by atoms with E-state index in [0.29, 0.717) is 0 Å². The van der Waals surface area contributed by atoms with E-state index in [-0.39, 0.29) is 28.4 Å². The number of rotatable bonds is 5. The van der Waals surface area contributed by atoms with Crippen molar-refractivity contribution >= 4 is 28.9 Å². The molecular formula is C21H19F2N3O3. The Morgan fingerprint density at radius 1 is 1.31 bits per heavy atom. The molecule has 8 heteroatoms. The maximum absolute atomic E-state index is 15.5. The summed E-state index contributed by atoms with van der Waals surface area (Å²) in [6.45, 7) is 5.95. The number of nitrogens with one attached hydrogen (secondary N) is 1. The molecule has 150 valence electrons. The van der Waals surface area contributed by atoms with E-state index in [1.807, 2.05) is 0 Å². The van der Waals surface area contributed by atoms with Crippen molar-refractivity contribution in [2.24, 2.45) is 5.10 Å². The van der Waals surface area contributed by atoms with Gasteiger partial charge in [-0.05, 0) is 55.8 Å². The number of phenols is 1. The van der Waals surface area contributed by atoms with Crippen LogP contribution in [0, 0.1) is 0 Å². The first-order valence-corrected chi connectivity index (χ1v) is 8.72. The predicted octanol–water partition coefficient (Wildman–Crippen LogP) is 3.83. The zero-order chi connectivity index (χ0) is 21.4. The fourth-order valence-electron chi connectivity index (χ4n) is 2.83. The molecule has 0 fully saturated rings. The smallest absolute Gasteiger partial charge is 0.307 e. The number of carbonyl (C=O) groups excluding carboxylic acids is 2. The van der Waals surface area contributed by atoms with Gasteiger partial charge in [0.1, 0.15) is 5.75 Å². The van der Waals surface area contributed by atoms with E-state index in [2.05, 4.69) is 17.0 Å². The van der Waals surface area contributed by atoms with Crippen LogP contribution in [0.2, 0.25) is 0 Å². The fraction of sp³-hybridized carbons (Fsp3) is 0.190. The van der Waals surface area contributed by atoms with Crippen molar-refractivity contribution in [3.63, 3.8) is 0 Å². The lowest BCUT2D eigenvalue weighted by Gasteiger charge is -2.20. The van der Waals surface area contributed by atoms with Gasteiger partial charge in [-0.3, -0.25) is 9.59 Å². The molecule has 2 atom stereocenters. The molecular weight excluding hydrogens is 380 g/mol. The van der Waals surface area contributed by atoms with Crippen LogP contribution in [0.3, 0.4) is 0 Å². The first kappa shape index (κ1) is 20.2. The third kappa shape index (κ3) is 3.49. The zero-order valence-corrected chi connectivity index (χ0v) is 15.8. The molecule has 1 aliphatic heterocycles. The summed E-state index contributed by atoms with van der Waals surface area (Å²) in [5.74, 6) is -2.46. The van der Waals surface area contributed by atoms with E-state index >= 15 is 4.39 Å². The third-order valence-electron chi connectivity index (χ3n) is 4.71. The molecule has 2 amide bonds. The molecule has 3 rings (SSSR count). The summed E-state index contributed by atoms with van der Waals surface area (Å²) < 4.78 is 30.0. The van der Waals surface area contributed by atoms with Crippen molar-refractivity contribution in [2.45, 2.75) is 25.2 Å².